The van der Waals surface area contributed by atoms with Gasteiger partial charge in [0.15, 0.2) is 0 Å². The minimum absolute atomic E-state index is 0.0178. The summed E-state index contributed by atoms with van der Waals surface area (Å²) < 4.78 is 29.1. The molecule has 3 rings (SSSR count). The van der Waals surface area contributed by atoms with Crippen LogP contribution in [-0.2, 0) is 11.3 Å². The first-order valence-corrected chi connectivity index (χ1v) is 7.47. The molecule has 2 aromatic rings. The van der Waals surface area contributed by atoms with Crippen molar-refractivity contribution in [3.8, 4) is 5.75 Å². The van der Waals surface area contributed by atoms with Gasteiger partial charge in [0.1, 0.15) is 5.75 Å². The van der Waals surface area contributed by atoms with Crippen molar-refractivity contribution in [3.63, 3.8) is 0 Å². The molecule has 128 valence electrons. The molecule has 2 amide bonds. The second kappa shape index (κ2) is 7.12. The van der Waals surface area contributed by atoms with Gasteiger partial charge in [0, 0.05) is 29.4 Å². The molecule has 1 aliphatic heterocycles. The van der Waals surface area contributed by atoms with Crippen molar-refractivity contribution in [1.82, 2.24) is 5.32 Å². The second-order valence-corrected chi connectivity index (χ2v) is 5.29. The van der Waals surface area contributed by atoms with E-state index >= 15 is 0 Å². The molecular weight excluding hydrogens is 330 g/mol. The van der Waals surface area contributed by atoms with E-state index in [9.17, 15) is 18.4 Å². The standard InChI is InChI=1S/C18H14F2N2O3/c19-18(20)25-15-4-2-1-3-11(15)6-8-16(23)22-13-7-5-12-10-21-17(24)14(12)9-13/h1-9,18H,10H2,(H,21,24)(H,22,23). The van der Waals surface area contributed by atoms with Crippen LogP contribution in [0, 0.1) is 0 Å². The molecule has 2 aromatic carbocycles. The number of alkyl halides is 2. The minimum Gasteiger partial charge on any atom is -0.434 e. The lowest BCUT2D eigenvalue weighted by Crippen LogP contribution is -2.13. The number of fused-ring (bicyclic) bond motifs is 1. The van der Waals surface area contributed by atoms with Crippen molar-refractivity contribution in [1.29, 1.82) is 0 Å². The van der Waals surface area contributed by atoms with Crippen LogP contribution in [0.15, 0.2) is 48.5 Å². The third kappa shape index (κ3) is 4.00. The van der Waals surface area contributed by atoms with Gasteiger partial charge in [-0.1, -0.05) is 24.3 Å². The number of carbonyl (C=O) groups excluding carboxylic acids is 2. The fourth-order valence-electron chi connectivity index (χ4n) is 2.46. The number of para-hydroxylation sites is 1. The zero-order chi connectivity index (χ0) is 17.8. The Labute approximate surface area is 142 Å². The number of hydrogen-bond acceptors (Lipinski definition) is 3. The maximum absolute atomic E-state index is 12.4. The molecule has 25 heavy (non-hydrogen) atoms. The summed E-state index contributed by atoms with van der Waals surface area (Å²) in [6.07, 6.45) is 2.59. The Kier molecular flexibility index (Phi) is 4.74. The summed E-state index contributed by atoms with van der Waals surface area (Å²) in [5.74, 6) is -0.652. The summed E-state index contributed by atoms with van der Waals surface area (Å²) in [7, 11) is 0. The Morgan fingerprint density at radius 1 is 1.24 bits per heavy atom. The number of amides is 2. The lowest BCUT2D eigenvalue weighted by molar-refractivity contribution is -0.111. The summed E-state index contributed by atoms with van der Waals surface area (Å²) in [6.45, 7) is -2.47. The molecule has 0 spiro atoms. The fourth-order valence-corrected chi connectivity index (χ4v) is 2.46. The first kappa shape index (κ1) is 16.6. The van der Waals surface area contributed by atoms with E-state index in [1.165, 1.54) is 18.2 Å². The minimum atomic E-state index is -2.94. The zero-order valence-corrected chi connectivity index (χ0v) is 13.0. The molecule has 0 radical (unpaired) electrons. The first-order valence-electron chi connectivity index (χ1n) is 7.47. The Morgan fingerprint density at radius 2 is 2.04 bits per heavy atom. The van der Waals surface area contributed by atoms with Gasteiger partial charge in [-0.05, 0) is 29.8 Å². The summed E-state index contributed by atoms with van der Waals surface area (Å²) in [5, 5.41) is 5.32. The van der Waals surface area contributed by atoms with Gasteiger partial charge < -0.3 is 15.4 Å². The Bertz CT molecular complexity index is 850. The van der Waals surface area contributed by atoms with E-state index in [-0.39, 0.29) is 11.7 Å². The molecule has 0 bridgehead atoms. The molecule has 1 heterocycles. The van der Waals surface area contributed by atoms with E-state index in [2.05, 4.69) is 15.4 Å². The summed E-state index contributed by atoms with van der Waals surface area (Å²) in [4.78, 5) is 23.6. The number of anilines is 1. The summed E-state index contributed by atoms with van der Waals surface area (Å²) in [5.41, 5.74) is 2.22. The summed E-state index contributed by atoms with van der Waals surface area (Å²) in [6, 6.07) is 11.2. The van der Waals surface area contributed by atoms with E-state index in [0.29, 0.717) is 23.4 Å². The molecule has 0 aromatic heterocycles. The van der Waals surface area contributed by atoms with Crippen molar-refractivity contribution in [2.24, 2.45) is 0 Å². The Balaban J connectivity index is 1.70. The van der Waals surface area contributed by atoms with Gasteiger partial charge in [-0.3, -0.25) is 9.59 Å². The van der Waals surface area contributed by atoms with Gasteiger partial charge >= 0.3 is 6.61 Å². The zero-order valence-electron chi connectivity index (χ0n) is 13.0. The molecule has 0 fully saturated rings. The largest absolute Gasteiger partial charge is 0.434 e. The average Bonchev–Trinajstić information content (AvgIpc) is 2.94. The van der Waals surface area contributed by atoms with Crippen LogP contribution in [0.2, 0.25) is 0 Å². The van der Waals surface area contributed by atoms with Gasteiger partial charge in [-0.25, -0.2) is 0 Å². The molecule has 0 unspecified atom stereocenters. The number of carbonyl (C=O) groups is 2. The Morgan fingerprint density at radius 3 is 2.84 bits per heavy atom. The molecular formula is C18H14F2N2O3. The van der Waals surface area contributed by atoms with Crippen LogP contribution in [0.3, 0.4) is 0 Å². The highest BCUT2D eigenvalue weighted by Gasteiger charge is 2.18. The normalized spacial score (nSPS) is 13.0. The SMILES string of the molecule is O=C(C=Cc1ccccc1OC(F)F)Nc1ccc2c(c1)C(=O)NC2. The molecule has 0 saturated heterocycles. The van der Waals surface area contributed by atoms with Gasteiger partial charge in [0.05, 0.1) is 0 Å². The molecule has 0 atom stereocenters. The maximum Gasteiger partial charge on any atom is 0.387 e. The van der Waals surface area contributed by atoms with Crippen molar-refractivity contribution < 1.29 is 23.1 Å². The monoisotopic (exact) mass is 344 g/mol. The quantitative estimate of drug-likeness (QED) is 0.819. The number of hydrogen-bond donors (Lipinski definition) is 2. The molecule has 7 heteroatoms. The second-order valence-electron chi connectivity index (χ2n) is 5.29. The Hall–Kier alpha value is -3.22. The number of benzene rings is 2. The maximum atomic E-state index is 12.4. The van der Waals surface area contributed by atoms with Gasteiger partial charge in [-0.15, -0.1) is 0 Å². The number of rotatable bonds is 5. The highest BCUT2D eigenvalue weighted by Crippen LogP contribution is 2.22. The smallest absolute Gasteiger partial charge is 0.387 e. The van der Waals surface area contributed by atoms with Crippen molar-refractivity contribution in [2.75, 3.05) is 5.32 Å². The van der Waals surface area contributed by atoms with Crippen LogP contribution in [0.4, 0.5) is 14.5 Å². The van der Waals surface area contributed by atoms with Crippen LogP contribution in [-0.4, -0.2) is 18.4 Å². The first-order chi connectivity index (χ1) is 12.0. The van der Waals surface area contributed by atoms with Crippen LogP contribution >= 0.6 is 0 Å². The van der Waals surface area contributed by atoms with Crippen LogP contribution in [0.1, 0.15) is 21.5 Å². The number of halogens is 2. The van der Waals surface area contributed by atoms with E-state index in [4.69, 9.17) is 0 Å². The van der Waals surface area contributed by atoms with Crippen molar-refractivity contribution in [2.45, 2.75) is 13.2 Å². The molecule has 0 saturated carbocycles. The third-order valence-corrected chi connectivity index (χ3v) is 3.61. The third-order valence-electron chi connectivity index (χ3n) is 3.61. The van der Waals surface area contributed by atoms with Gasteiger partial charge in [0.25, 0.3) is 5.91 Å². The van der Waals surface area contributed by atoms with Gasteiger partial charge in [0.2, 0.25) is 5.91 Å². The molecule has 0 aliphatic carbocycles. The molecule has 5 nitrogen and oxygen atoms in total. The topological polar surface area (TPSA) is 67.4 Å². The van der Waals surface area contributed by atoms with E-state index in [1.807, 2.05) is 0 Å². The highest BCUT2D eigenvalue weighted by atomic mass is 19.3. The highest BCUT2D eigenvalue weighted by molar-refractivity contribution is 6.04. The molecule has 1 aliphatic rings. The van der Waals surface area contributed by atoms with Gasteiger partial charge in [-0.2, -0.15) is 8.78 Å². The number of ether oxygens (including phenoxy) is 1. The molecule has 2 N–H and O–H groups in total. The van der Waals surface area contributed by atoms with Crippen molar-refractivity contribution >= 4 is 23.6 Å². The lowest BCUT2D eigenvalue weighted by Gasteiger charge is -2.07. The van der Waals surface area contributed by atoms with Crippen molar-refractivity contribution in [3.05, 3.63) is 65.2 Å². The average molecular weight is 344 g/mol. The van der Waals surface area contributed by atoms with E-state index in [0.717, 1.165) is 5.56 Å². The van der Waals surface area contributed by atoms with Crippen LogP contribution in [0.25, 0.3) is 6.08 Å². The van der Waals surface area contributed by atoms with Crippen LogP contribution in [0.5, 0.6) is 5.75 Å². The fraction of sp³-hybridized carbons (Fsp3) is 0.111. The van der Waals surface area contributed by atoms with Crippen LogP contribution < -0.4 is 15.4 Å². The predicted molar refractivity (Wildman–Crippen MR) is 88.3 cm³/mol. The van der Waals surface area contributed by atoms with E-state index in [1.54, 1.807) is 36.4 Å². The lowest BCUT2D eigenvalue weighted by atomic mass is 10.1. The predicted octanol–water partition coefficient (Wildman–Crippen LogP) is 3.18. The van der Waals surface area contributed by atoms with E-state index < -0.39 is 12.5 Å². The number of nitrogens with one attached hydrogen (secondary N) is 2. The summed E-state index contributed by atoms with van der Waals surface area (Å²) >= 11 is 0.